The Morgan fingerprint density at radius 2 is 1.80 bits per heavy atom. The third kappa shape index (κ3) is 6.56. The van der Waals surface area contributed by atoms with E-state index in [2.05, 4.69) is 59.9 Å². The van der Waals surface area contributed by atoms with Crippen LogP contribution in [-0.4, -0.2) is 44.8 Å². The highest BCUT2D eigenvalue weighted by Gasteiger charge is 2.32. The Morgan fingerprint density at radius 3 is 2.43 bits per heavy atom. The van der Waals surface area contributed by atoms with Gasteiger partial charge in [-0.3, -0.25) is 4.90 Å². The lowest BCUT2D eigenvalue weighted by Gasteiger charge is -2.38. The molecule has 2 aromatic rings. The average molecular weight is 431 g/mol. The van der Waals surface area contributed by atoms with Crippen molar-refractivity contribution >= 4 is 10.0 Å². The topological polar surface area (TPSA) is 58.6 Å². The second-order valence-electron chi connectivity index (χ2n) is 8.43. The Labute approximate surface area is 181 Å². The molecule has 3 rings (SSSR count). The summed E-state index contributed by atoms with van der Waals surface area (Å²) in [4.78, 5) is 2.39. The van der Waals surface area contributed by atoms with Gasteiger partial charge in [0.25, 0.3) is 0 Å². The van der Waals surface area contributed by atoms with E-state index in [1.807, 2.05) is 18.2 Å². The molecule has 6 heteroatoms. The number of rotatable bonds is 9. The first-order valence-electron chi connectivity index (χ1n) is 10.9. The monoisotopic (exact) mass is 430 g/mol. The van der Waals surface area contributed by atoms with E-state index in [9.17, 15) is 8.42 Å². The van der Waals surface area contributed by atoms with Crippen LogP contribution in [0.2, 0.25) is 0 Å². The van der Waals surface area contributed by atoms with E-state index in [0.717, 1.165) is 31.8 Å². The van der Waals surface area contributed by atoms with Crippen LogP contribution in [0.4, 0.5) is 0 Å². The molecule has 0 aliphatic carbocycles. The number of sulfonamides is 1. The fourth-order valence-corrected chi connectivity index (χ4v) is 4.82. The lowest BCUT2D eigenvalue weighted by Crippen LogP contribution is -2.52. The summed E-state index contributed by atoms with van der Waals surface area (Å²) in [6, 6.07) is 18.5. The van der Waals surface area contributed by atoms with Gasteiger partial charge in [0, 0.05) is 31.6 Å². The number of ether oxygens (including phenoxy) is 1. The van der Waals surface area contributed by atoms with Crippen molar-refractivity contribution in [1.82, 2.24) is 9.62 Å². The highest BCUT2D eigenvalue weighted by Crippen LogP contribution is 2.23. The van der Waals surface area contributed by atoms with Gasteiger partial charge in [-0.25, -0.2) is 13.1 Å². The molecule has 1 N–H and O–H groups in total. The molecule has 5 nitrogen and oxygen atoms in total. The number of likely N-dealkylation sites (tertiary alicyclic amines) is 1. The third-order valence-electron chi connectivity index (χ3n) is 5.79. The maximum atomic E-state index is 12.2. The molecule has 0 amide bonds. The number of nitrogens with one attached hydrogen (secondary N) is 1. The van der Waals surface area contributed by atoms with Crippen molar-refractivity contribution in [3.05, 3.63) is 65.7 Å². The van der Waals surface area contributed by atoms with Gasteiger partial charge in [0.2, 0.25) is 10.0 Å². The van der Waals surface area contributed by atoms with Crippen molar-refractivity contribution in [2.45, 2.75) is 45.7 Å². The van der Waals surface area contributed by atoms with E-state index < -0.39 is 10.0 Å². The molecule has 0 unspecified atom stereocenters. The van der Waals surface area contributed by atoms with Crippen LogP contribution < -0.4 is 9.46 Å². The van der Waals surface area contributed by atoms with Crippen molar-refractivity contribution < 1.29 is 13.2 Å². The van der Waals surface area contributed by atoms with Gasteiger partial charge in [-0.15, -0.1) is 0 Å². The fraction of sp³-hybridized carbons (Fsp3) is 0.500. The smallest absolute Gasteiger partial charge is 0.211 e. The van der Waals surface area contributed by atoms with Gasteiger partial charge in [0.05, 0.1) is 12.4 Å². The molecule has 0 aromatic heterocycles. The second kappa shape index (κ2) is 10.4. The molecule has 30 heavy (non-hydrogen) atoms. The van der Waals surface area contributed by atoms with Crippen molar-refractivity contribution in [3.8, 4) is 5.75 Å². The van der Waals surface area contributed by atoms with Crippen molar-refractivity contribution in [1.29, 1.82) is 0 Å². The molecule has 1 heterocycles. The van der Waals surface area contributed by atoms with Crippen molar-refractivity contribution in [2.24, 2.45) is 5.92 Å². The zero-order chi connectivity index (χ0) is 21.6. The Bertz CT molecular complexity index is 882. The average Bonchev–Trinajstić information content (AvgIpc) is 2.74. The first kappa shape index (κ1) is 22.8. The molecular formula is C24H34N2O3S. The normalized spacial score (nSPS) is 20.4. The minimum atomic E-state index is -3.25. The van der Waals surface area contributed by atoms with Gasteiger partial charge in [0.15, 0.2) is 0 Å². The molecular weight excluding hydrogens is 396 g/mol. The standard InChI is InChI=1S/C24H34N2O3S/c1-4-30(27,28)25-24-14-15-26(16-20-8-6-5-7-9-20)17-22(24)18-29-23-12-10-21(11-13-23)19(2)3/h5-13,19,22,24-25H,4,14-18H2,1-3H3/t22-,24+/m1/s1. The van der Waals surface area contributed by atoms with Crippen LogP contribution in [-0.2, 0) is 16.6 Å². The molecule has 0 spiro atoms. The third-order valence-corrected chi connectivity index (χ3v) is 7.21. The van der Waals surface area contributed by atoms with Gasteiger partial charge in [-0.2, -0.15) is 0 Å². The van der Waals surface area contributed by atoms with Gasteiger partial charge < -0.3 is 4.74 Å². The van der Waals surface area contributed by atoms with E-state index in [1.54, 1.807) is 6.92 Å². The van der Waals surface area contributed by atoms with Gasteiger partial charge in [-0.1, -0.05) is 56.3 Å². The first-order chi connectivity index (χ1) is 14.4. The molecule has 0 bridgehead atoms. The summed E-state index contributed by atoms with van der Waals surface area (Å²) in [5.41, 5.74) is 2.55. The van der Waals surface area contributed by atoms with E-state index in [4.69, 9.17) is 4.74 Å². The number of piperidine rings is 1. The predicted octanol–water partition coefficient (Wildman–Crippen LogP) is 4.02. The lowest BCUT2D eigenvalue weighted by atomic mass is 9.93. The van der Waals surface area contributed by atoms with Crippen molar-refractivity contribution in [3.63, 3.8) is 0 Å². The van der Waals surface area contributed by atoms with Crippen LogP contribution in [0.1, 0.15) is 44.2 Å². The minimum absolute atomic E-state index is 0.0913. The maximum absolute atomic E-state index is 12.2. The van der Waals surface area contributed by atoms with E-state index in [0.29, 0.717) is 12.5 Å². The summed E-state index contributed by atoms with van der Waals surface area (Å²) in [5, 5.41) is 0. The molecule has 1 fully saturated rings. The van der Waals surface area contributed by atoms with Crippen molar-refractivity contribution in [2.75, 3.05) is 25.4 Å². The molecule has 1 aliphatic heterocycles. The Morgan fingerprint density at radius 1 is 1.10 bits per heavy atom. The zero-order valence-electron chi connectivity index (χ0n) is 18.3. The van der Waals surface area contributed by atoms with Gasteiger partial charge in [-0.05, 0) is 42.5 Å². The summed E-state index contributed by atoms with van der Waals surface area (Å²) >= 11 is 0. The number of hydrogen-bond donors (Lipinski definition) is 1. The summed E-state index contributed by atoms with van der Waals surface area (Å²) in [7, 11) is -3.25. The van der Waals surface area contributed by atoms with E-state index in [1.165, 1.54) is 11.1 Å². The molecule has 2 aromatic carbocycles. The van der Waals surface area contributed by atoms with Gasteiger partial charge in [0.1, 0.15) is 5.75 Å². The lowest BCUT2D eigenvalue weighted by molar-refractivity contribution is 0.102. The SMILES string of the molecule is CCS(=O)(=O)N[C@H]1CCN(Cc2ccccc2)C[C@@H]1COc1ccc(C(C)C)cc1. The molecule has 0 radical (unpaired) electrons. The number of hydrogen-bond acceptors (Lipinski definition) is 4. The summed E-state index contributed by atoms with van der Waals surface area (Å²) in [6.45, 7) is 9.04. The summed E-state index contributed by atoms with van der Waals surface area (Å²) < 4.78 is 33.4. The van der Waals surface area contributed by atoms with Crippen LogP contribution in [0.5, 0.6) is 5.75 Å². The quantitative estimate of drug-likeness (QED) is 0.653. The van der Waals surface area contributed by atoms with Crippen LogP contribution in [0, 0.1) is 5.92 Å². The van der Waals surface area contributed by atoms with Gasteiger partial charge >= 0.3 is 0 Å². The van der Waals surface area contributed by atoms with Crippen LogP contribution in [0.3, 0.4) is 0 Å². The molecule has 1 aliphatic rings. The van der Waals surface area contributed by atoms with Crippen LogP contribution >= 0.6 is 0 Å². The maximum Gasteiger partial charge on any atom is 0.211 e. The minimum Gasteiger partial charge on any atom is -0.493 e. The van der Waals surface area contributed by atoms with Crippen LogP contribution in [0.25, 0.3) is 0 Å². The second-order valence-corrected chi connectivity index (χ2v) is 10.5. The molecule has 164 valence electrons. The summed E-state index contributed by atoms with van der Waals surface area (Å²) in [5.74, 6) is 1.50. The Kier molecular flexibility index (Phi) is 7.92. The highest BCUT2D eigenvalue weighted by atomic mass is 32.2. The molecule has 2 atom stereocenters. The Balaban J connectivity index is 1.66. The zero-order valence-corrected chi connectivity index (χ0v) is 19.1. The first-order valence-corrected chi connectivity index (χ1v) is 12.5. The predicted molar refractivity (Wildman–Crippen MR) is 122 cm³/mol. The van der Waals surface area contributed by atoms with E-state index in [-0.39, 0.29) is 17.7 Å². The van der Waals surface area contributed by atoms with Crippen LogP contribution in [0.15, 0.2) is 54.6 Å². The Hall–Kier alpha value is -1.89. The molecule has 1 saturated heterocycles. The van der Waals surface area contributed by atoms with E-state index >= 15 is 0 Å². The number of benzene rings is 2. The summed E-state index contributed by atoms with van der Waals surface area (Å²) in [6.07, 6.45) is 0.784. The largest absolute Gasteiger partial charge is 0.493 e. The fourth-order valence-electron chi connectivity index (χ4n) is 3.88. The highest BCUT2D eigenvalue weighted by molar-refractivity contribution is 7.89. The molecule has 0 saturated carbocycles. The number of nitrogens with zero attached hydrogens (tertiary/aromatic N) is 1.